The molecule has 6 rings (SSSR count). The molecule has 2 aromatic heterocycles. The van der Waals surface area contributed by atoms with Crippen molar-refractivity contribution >= 4 is 17.2 Å². The van der Waals surface area contributed by atoms with Gasteiger partial charge < -0.3 is 24.6 Å². The molecule has 3 heterocycles. The van der Waals surface area contributed by atoms with E-state index in [1.807, 2.05) is 61.5 Å². The number of hydrogen-bond acceptors (Lipinski definition) is 7. The predicted octanol–water partition coefficient (Wildman–Crippen LogP) is 7.79. The zero-order valence-electron chi connectivity index (χ0n) is 26.0. The van der Waals surface area contributed by atoms with Gasteiger partial charge in [-0.2, -0.15) is 0 Å². The Morgan fingerprint density at radius 1 is 0.933 bits per heavy atom. The fraction of sp³-hybridized carbons (Fsp3) is 0.297. The predicted molar refractivity (Wildman–Crippen MR) is 179 cm³/mol. The molecule has 3 aromatic carbocycles. The summed E-state index contributed by atoms with van der Waals surface area (Å²) < 4.78 is 19.1. The molecule has 0 unspecified atom stereocenters. The first-order valence-electron chi connectivity index (χ1n) is 15.6. The number of nitrogens with one attached hydrogen (secondary N) is 2. The first-order chi connectivity index (χ1) is 22.0. The van der Waals surface area contributed by atoms with Gasteiger partial charge in [-0.05, 0) is 73.2 Å². The van der Waals surface area contributed by atoms with Crippen molar-refractivity contribution in [1.82, 2.24) is 15.8 Å². The van der Waals surface area contributed by atoms with Gasteiger partial charge in [-0.25, -0.2) is 0 Å². The SMILES string of the molecule is CCNC(=O)c1noc(-c2cc(C(C)C)c(OCc3ccccc3)cc2OCc2ccccc2)c1-c1cc2c(s1)CCNCC2. The van der Waals surface area contributed by atoms with Gasteiger partial charge in [-0.15, -0.1) is 11.3 Å². The maximum absolute atomic E-state index is 13.3. The first kappa shape index (κ1) is 30.6. The van der Waals surface area contributed by atoms with Crippen molar-refractivity contribution in [3.05, 3.63) is 112 Å². The molecule has 1 amide bonds. The Bertz CT molecular complexity index is 1720. The molecule has 0 saturated heterocycles. The molecule has 8 heteroatoms. The molecule has 0 spiro atoms. The van der Waals surface area contributed by atoms with Gasteiger partial charge in [0.1, 0.15) is 24.7 Å². The van der Waals surface area contributed by atoms with E-state index in [2.05, 4.69) is 53.9 Å². The summed E-state index contributed by atoms with van der Waals surface area (Å²) in [5.41, 5.74) is 6.17. The highest BCUT2D eigenvalue weighted by Crippen LogP contribution is 2.46. The summed E-state index contributed by atoms with van der Waals surface area (Å²) in [6, 6.07) is 26.4. The van der Waals surface area contributed by atoms with Crippen LogP contribution in [0.25, 0.3) is 21.8 Å². The molecule has 5 aromatic rings. The minimum Gasteiger partial charge on any atom is -0.488 e. The number of amides is 1. The average molecular weight is 622 g/mol. The Labute approximate surface area is 268 Å². The van der Waals surface area contributed by atoms with Crippen LogP contribution in [0.5, 0.6) is 11.5 Å². The number of fused-ring (bicyclic) bond motifs is 1. The number of carbonyl (C=O) groups excluding carboxylic acids is 1. The van der Waals surface area contributed by atoms with Crippen molar-refractivity contribution < 1.29 is 18.8 Å². The van der Waals surface area contributed by atoms with Crippen molar-refractivity contribution in [3.63, 3.8) is 0 Å². The first-order valence-corrected chi connectivity index (χ1v) is 16.5. The number of thiophene rings is 1. The molecule has 0 radical (unpaired) electrons. The summed E-state index contributed by atoms with van der Waals surface area (Å²) in [6.45, 7) is 9.34. The molecule has 2 N–H and O–H groups in total. The number of rotatable bonds is 11. The van der Waals surface area contributed by atoms with E-state index in [1.165, 1.54) is 10.4 Å². The quantitative estimate of drug-likeness (QED) is 0.157. The van der Waals surface area contributed by atoms with Crippen LogP contribution in [0.1, 0.15) is 64.3 Å². The number of aromatic nitrogens is 1. The van der Waals surface area contributed by atoms with E-state index < -0.39 is 0 Å². The van der Waals surface area contributed by atoms with Crippen LogP contribution in [0.3, 0.4) is 0 Å². The molecule has 232 valence electrons. The van der Waals surface area contributed by atoms with Gasteiger partial charge in [0.15, 0.2) is 11.5 Å². The lowest BCUT2D eigenvalue weighted by molar-refractivity contribution is 0.0947. The van der Waals surface area contributed by atoms with Gasteiger partial charge in [-0.1, -0.05) is 79.7 Å². The second-order valence-electron chi connectivity index (χ2n) is 11.5. The van der Waals surface area contributed by atoms with Crippen LogP contribution in [0.15, 0.2) is 83.4 Å². The summed E-state index contributed by atoms with van der Waals surface area (Å²) >= 11 is 1.71. The van der Waals surface area contributed by atoms with Crippen LogP contribution in [0.2, 0.25) is 0 Å². The van der Waals surface area contributed by atoms with Crippen molar-refractivity contribution in [3.8, 4) is 33.3 Å². The molecular formula is C37H39N3O4S. The minimum atomic E-state index is -0.258. The van der Waals surface area contributed by atoms with E-state index in [9.17, 15) is 4.79 Å². The van der Waals surface area contributed by atoms with Crippen LogP contribution < -0.4 is 20.1 Å². The highest BCUT2D eigenvalue weighted by Gasteiger charge is 2.30. The Morgan fingerprint density at radius 2 is 1.60 bits per heavy atom. The van der Waals surface area contributed by atoms with Crippen molar-refractivity contribution in [2.24, 2.45) is 0 Å². The topological polar surface area (TPSA) is 85.6 Å². The van der Waals surface area contributed by atoms with Gasteiger partial charge in [0, 0.05) is 22.4 Å². The Balaban J connectivity index is 1.49. The Morgan fingerprint density at radius 3 is 2.27 bits per heavy atom. The lowest BCUT2D eigenvalue weighted by Gasteiger charge is -2.19. The third-order valence-electron chi connectivity index (χ3n) is 7.94. The monoisotopic (exact) mass is 621 g/mol. The van der Waals surface area contributed by atoms with Crippen molar-refractivity contribution in [2.75, 3.05) is 19.6 Å². The van der Waals surface area contributed by atoms with E-state index >= 15 is 0 Å². The number of ether oxygens (including phenoxy) is 2. The largest absolute Gasteiger partial charge is 0.488 e. The summed E-state index contributed by atoms with van der Waals surface area (Å²) in [5, 5.41) is 10.8. The molecule has 1 aliphatic rings. The Hall–Kier alpha value is -4.40. The molecule has 0 atom stereocenters. The molecule has 0 saturated carbocycles. The zero-order valence-corrected chi connectivity index (χ0v) is 26.8. The standard InChI is InChI=1S/C37H39N3O4S/c1-4-39-37(41)35-34(33-19-27-15-17-38-18-16-32(27)45-33)36(44-40-35)29-20-28(24(2)3)30(42-22-25-11-7-5-8-12-25)21-31(29)43-23-26-13-9-6-10-14-26/h5-14,19-21,24,38H,4,15-18,22-23H2,1-3H3,(H,39,41). The van der Waals surface area contributed by atoms with E-state index in [1.54, 1.807) is 11.3 Å². The number of carbonyl (C=O) groups is 1. The summed E-state index contributed by atoms with van der Waals surface area (Å²) in [6.07, 6.45) is 1.90. The lowest BCUT2D eigenvalue weighted by Crippen LogP contribution is -2.23. The zero-order chi connectivity index (χ0) is 31.2. The number of hydrogen-bond donors (Lipinski definition) is 2. The molecule has 0 bridgehead atoms. The molecule has 1 aliphatic heterocycles. The molecule has 45 heavy (non-hydrogen) atoms. The Kier molecular flexibility index (Phi) is 9.62. The van der Waals surface area contributed by atoms with Gasteiger partial charge in [0.25, 0.3) is 5.91 Å². The fourth-order valence-corrected chi connectivity index (χ4v) is 6.84. The fourth-order valence-electron chi connectivity index (χ4n) is 5.59. The maximum atomic E-state index is 13.3. The maximum Gasteiger partial charge on any atom is 0.274 e. The highest BCUT2D eigenvalue weighted by atomic mass is 32.1. The highest BCUT2D eigenvalue weighted by molar-refractivity contribution is 7.15. The smallest absolute Gasteiger partial charge is 0.274 e. The third kappa shape index (κ3) is 6.97. The van der Waals surface area contributed by atoms with Gasteiger partial charge in [-0.3, -0.25) is 4.79 Å². The van der Waals surface area contributed by atoms with E-state index in [0.717, 1.165) is 58.8 Å². The third-order valence-corrected chi connectivity index (χ3v) is 9.20. The average Bonchev–Trinajstić information content (AvgIpc) is 3.61. The van der Waals surface area contributed by atoms with Crippen LogP contribution in [0, 0.1) is 0 Å². The van der Waals surface area contributed by atoms with Gasteiger partial charge in [0.2, 0.25) is 0 Å². The van der Waals surface area contributed by atoms with Crippen LogP contribution in [0.4, 0.5) is 0 Å². The molecular weight excluding hydrogens is 582 g/mol. The van der Waals surface area contributed by atoms with Crippen LogP contribution in [-0.4, -0.2) is 30.7 Å². The number of nitrogens with zero attached hydrogens (tertiary/aromatic N) is 1. The second kappa shape index (κ2) is 14.1. The minimum absolute atomic E-state index is 0.150. The van der Waals surface area contributed by atoms with Crippen LogP contribution in [-0.2, 0) is 26.1 Å². The van der Waals surface area contributed by atoms with Gasteiger partial charge >= 0.3 is 0 Å². The summed E-state index contributed by atoms with van der Waals surface area (Å²) in [7, 11) is 0. The van der Waals surface area contributed by atoms with E-state index in [0.29, 0.717) is 36.8 Å². The van der Waals surface area contributed by atoms with E-state index in [-0.39, 0.29) is 17.5 Å². The molecule has 0 aliphatic carbocycles. The molecule has 7 nitrogen and oxygen atoms in total. The molecule has 0 fully saturated rings. The number of benzene rings is 3. The van der Waals surface area contributed by atoms with Gasteiger partial charge in [0.05, 0.1) is 11.1 Å². The normalized spacial score (nSPS) is 12.9. The second-order valence-corrected chi connectivity index (χ2v) is 12.6. The summed E-state index contributed by atoms with van der Waals surface area (Å²) in [5.74, 6) is 1.77. The van der Waals surface area contributed by atoms with Crippen molar-refractivity contribution in [2.45, 2.75) is 52.7 Å². The summed E-state index contributed by atoms with van der Waals surface area (Å²) in [4.78, 5) is 15.6. The van der Waals surface area contributed by atoms with E-state index in [4.69, 9.17) is 14.0 Å². The van der Waals surface area contributed by atoms with Crippen LogP contribution >= 0.6 is 11.3 Å². The van der Waals surface area contributed by atoms with Crippen molar-refractivity contribution in [1.29, 1.82) is 0 Å². The lowest BCUT2D eigenvalue weighted by atomic mass is 9.95.